The summed E-state index contributed by atoms with van der Waals surface area (Å²) in [5.74, 6) is 0. The number of rotatable bonds is 2. The van der Waals surface area contributed by atoms with Gasteiger partial charge in [-0.15, -0.1) is 0 Å². The van der Waals surface area contributed by atoms with Crippen LogP contribution in [0.1, 0.15) is 38.8 Å². The molecule has 2 nitrogen and oxygen atoms in total. The summed E-state index contributed by atoms with van der Waals surface area (Å²) in [6, 6.07) is 5.50. The van der Waals surface area contributed by atoms with Crippen molar-refractivity contribution in [2.75, 3.05) is 0 Å². The molecule has 0 aliphatic heterocycles. The number of halogens is 1. The second kappa shape index (κ2) is 3.89. The molecular formula is C12H17BrO2. The van der Waals surface area contributed by atoms with E-state index in [9.17, 15) is 10.2 Å². The SMILES string of the molecule is CC(C)(O)c1ccc(C(C)(C)O)c(Br)c1. The van der Waals surface area contributed by atoms with Crippen molar-refractivity contribution in [3.8, 4) is 0 Å². The normalized spacial score (nSPS) is 13.0. The standard InChI is InChI=1S/C12H17BrO2/c1-11(2,14)8-5-6-9(10(13)7-8)12(3,4)15/h5-7,14-15H,1-4H3. The van der Waals surface area contributed by atoms with Crippen LogP contribution >= 0.6 is 15.9 Å². The Hall–Kier alpha value is -0.380. The van der Waals surface area contributed by atoms with E-state index in [1.807, 2.05) is 18.2 Å². The summed E-state index contributed by atoms with van der Waals surface area (Å²) in [4.78, 5) is 0. The second-order valence-electron chi connectivity index (χ2n) is 4.81. The number of hydrogen-bond donors (Lipinski definition) is 2. The summed E-state index contributed by atoms with van der Waals surface area (Å²) in [6.45, 7) is 6.94. The predicted octanol–water partition coefficient (Wildman–Crippen LogP) is 2.90. The zero-order valence-electron chi connectivity index (χ0n) is 9.50. The lowest BCUT2D eigenvalue weighted by Crippen LogP contribution is -2.19. The Labute approximate surface area is 99.1 Å². The molecule has 0 unspecified atom stereocenters. The average Bonchev–Trinajstić information content (AvgIpc) is 1.99. The van der Waals surface area contributed by atoms with E-state index in [1.165, 1.54) is 0 Å². The summed E-state index contributed by atoms with van der Waals surface area (Å²) in [5.41, 5.74) is -0.102. The molecule has 0 heterocycles. The quantitative estimate of drug-likeness (QED) is 0.869. The maximum atomic E-state index is 9.87. The van der Waals surface area contributed by atoms with Crippen molar-refractivity contribution >= 4 is 15.9 Å². The number of hydrogen-bond acceptors (Lipinski definition) is 2. The minimum absolute atomic E-state index is 0.814. The molecule has 0 aromatic heterocycles. The third-order valence-electron chi connectivity index (χ3n) is 2.33. The molecule has 0 aliphatic carbocycles. The van der Waals surface area contributed by atoms with Gasteiger partial charge in [-0.1, -0.05) is 28.1 Å². The third-order valence-corrected chi connectivity index (χ3v) is 2.99. The topological polar surface area (TPSA) is 40.5 Å². The van der Waals surface area contributed by atoms with E-state index >= 15 is 0 Å². The molecule has 0 fully saturated rings. The van der Waals surface area contributed by atoms with E-state index in [-0.39, 0.29) is 0 Å². The Morgan fingerprint density at radius 1 is 1.00 bits per heavy atom. The molecule has 0 saturated carbocycles. The van der Waals surface area contributed by atoms with Gasteiger partial charge in [-0.25, -0.2) is 0 Å². The lowest BCUT2D eigenvalue weighted by molar-refractivity contribution is 0.0737. The fourth-order valence-electron chi connectivity index (χ4n) is 1.39. The minimum atomic E-state index is -0.878. The van der Waals surface area contributed by atoms with Crippen LogP contribution < -0.4 is 0 Å². The molecule has 1 aromatic rings. The lowest BCUT2D eigenvalue weighted by atomic mass is 9.92. The van der Waals surface area contributed by atoms with E-state index in [0.717, 1.165) is 15.6 Å². The highest BCUT2D eigenvalue weighted by Gasteiger charge is 2.22. The van der Waals surface area contributed by atoms with Gasteiger partial charge in [-0.2, -0.15) is 0 Å². The maximum Gasteiger partial charge on any atom is 0.0851 e. The highest BCUT2D eigenvalue weighted by molar-refractivity contribution is 9.10. The van der Waals surface area contributed by atoms with Crippen LogP contribution in [0.15, 0.2) is 22.7 Å². The second-order valence-corrected chi connectivity index (χ2v) is 5.67. The first-order valence-corrected chi connectivity index (χ1v) is 5.67. The summed E-state index contributed by atoms with van der Waals surface area (Å²) in [5, 5.41) is 19.7. The van der Waals surface area contributed by atoms with Gasteiger partial charge in [0.15, 0.2) is 0 Å². The first-order valence-electron chi connectivity index (χ1n) is 4.87. The van der Waals surface area contributed by atoms with E-state index in [1.54, 1.807) is 27.7 Å². The van der Waals surface area contributed by atoms with E-state index < -0.39 is 11.2 Å². The highest BCUT2D eigenvalue weighted by atomic mass is 79.9. The molecule has 3 heteroatoms. The molecule has 0 spiro atoms. The van der Waals surface area contributed by atoms with Gasteiger partial charge in [0.2, 0.25) is 0 Å². The van der Waals surface area contributed by atoms with Crippen LogP contribution in [0.3, 0.4) is 0 Å². The largest absolute Gasteiger partial charge is 0.386 e. The van der Waals surface area contributed by atoms with Crippen molar-refractivity contribution in [1.82, 2.24) is 0 Å². The molecule has 84 valence electrons. The first kappa shape index (κ1) is 12.7. The molecule has 1 aromatic carbocycles. The molecule has 0 saturated heterocycles. The van der Waals surface area contributed by atoms with Crippen LogP contribution in [0.25, 0.3) is 0 Å². The Kier molecular flexibility index (Phi) is 3.29. The summed E-state index contributed by atoms with van der Waals surface area (Å²) >= 11 is 3.40. The van der Waals surface area contributed by atoms with Crippen molar-refractivity contribution in [2.45, 2.75) is 38.9 Å². The molecule has 15 heavy (non-hydrogen) atoms. The Balaban J connectivity index is 3.21. The highest BCUT2D eigenvalue weighted by Crippen LogP contribution is 2.31. The van der Waals surface area contributed by atoms with Crippen LogP contribution in [0.2, 0.25) is 0 Å². The van der Waals surface area contributed by atoms with Crippen molar-refractivity contribution in [1.29, 1.82) is 0 Å². The van der Waals surface area contributed by atoms with Crippen LogP contribution in [0, 0.1) is 0 Å². The third kappa shape index (κ3) is 3.03. The van der Waals surface area contributed by atoms with Gasteiger partial charge in [0.05, 0.1) is 11.2 Å². The van der Waals surface area contributed by atoms with Crippen molar-refractivity contribution in [3.63, 3.8) is 0 Å². The van der Waals surface area contributed by atoms with Gasteiger partial charge in [-0.3, -0.25) is 0 Å². The summed E-state index contributed by atoms with van der Waals surface area (Å²) in [7, 11) is 0. The summed E-state index contributed by atoms with van der Waals surface area (Å²) < 4.78 is 0.814. The van der Waals surface area contributed by atoms with Gasteiger partial charge in [-0.05, 0) is 44.9 Å². The zero-order valence-corrected chi connectivity index (χ0v) is 11.1. The monoisotopic (exact) mass is 272 g/mol. The fourth-order valence-corrected chi connectivity index (χ4v) is 2.26. The maximum absolute atomic E-state index is 9.87. The molecule has 0 amide bonds. The van der Waals surface area contributed by atoms with Crippen LogP contribution in [-0.4, -0.2) is 10.2 Å². The number of benzene rings is 1. The van der Waals surface area contributed by atoms with E-state index in [0.29, 0.717) is 0 Å². The molecule has 2 N–H and O–H groups in total. The molecule has 0 atom stereocenters. The Morgan fingerprint density at radius 3 is 1.87 bits per heavy atom. The minimum Gasteiger partial charge on any atom is -0.386 e. The van der Waals surface area contributed by atoms with Gasteiger partial charge in [0.25, 0.3) is 0 Å². The van der Waals surface area contributed by atoms with Gasteiger partial charge >= 0.3 is 0 Å². The summed E-state index contributed by atoms with van der Waals surface area (Å²) in [6.07, 6.45) is 0. The fraction of sp³-hybridized carbons (Fsp3) is 0.500. The van der Waals surface area contributed by atoms with Gasteiger partial charge in [0, 0.05) is 4.47 Å². The molecule has 1 rings (SSSR count). The molecular weight excluding hydrogens is 256 g/mol. The lowest BCUT2D eigenvalue weighted by Gasteiger charge is -2.23. The van der Waals surface area contributed by atoms with Gasteiger partial charge in [0.1, 0.15) is 0 Å². The Morgan fingerprint density at radius 2 is 1.53 bits per heavy atom. The van der Waals surface area contributed by atoms with Crippen LogP contribution in [0.5, 0.6) is 0 Å². The van der Waals surface area contributed by atoms with E-state index in [2.05, 4.69) is 15.9 Å². The average molecular weight is 273 g/mol. The predicted molar refractivity (Wildman–Crippen MR) is 64.6 cm³/mol. The Bertz CT molecular complexity index is 359. The van der Waals surface area contributed by atoms with E-state index in [4.69, 9.17) is 0 Å². The smallest absolute Gasteiger partial charge is 0.0851 e. The van der Waals surface area contributed by atoms with Crippen molar-refractivity contribution < 1.29 is 10.2 Å². The first-order chi connectivity index (χ1) is 6.62. The molecule has 0 bridgehead atoms. The van der Waals surface area contributed by atoms with Crippen LogP contribution in [0.4, 0.5) is 0 Å². The van der Waals surface area contributed by atoms with Crippen molar-refractivity contribution in [2.24, 2.45) is 0 Å². The van der Waals surface area contributed by atoms with Gasteiger partial charge < -0.3 is 10.2 Å². The zero-order chi connectivity index (χ0) is 11.9. The molecule has 0 radical (unpaired) electrons. The number of aliphatic hydroxyl groups is 2. The molecule has 0 aliphatic rings. The van der Waals surface area contributed by atoms with Crippen molar-refractivity contribution in [3.05, 3.63) is 33.8 Å². The van der Waals surface area contributed by atoms with Crippen LogP contribution in [-0.2, 0) is 11.2 Å².